The third-order valence-corrected chi connectivity index (χ3v) is 8.92. The Morgan fingerprint density at radius 1 is 1.30 bits per heavy atom. The van der Waals surface area contributed by atoms with Crippen LogP contribution in [0.15, 0.2) is 18.6 Å². The maximum Gasteiger partial charge on any atom is 0.192 e. The first-order chi connectivity index (χ1) is 9.22. The van der Waals surface area contributed by atoms with E-state index in [4.69, 9.17) is 16.0 Å². The summed E-state index contributed by atoms with van der Waals surface area (Å²) >= 11 is 6.14. The van der Waals surface area contributed by atoms with E-state index in [1.165, 1.54) is 6.33 Å². The van der Waals surface area contributed by atoms with Crippen molar-refractivity contribution in [2.24, 2.45) is 0 Å². The first kappa shape index (κ1) is 15.5. The van der Waals surface area contributed by atoms with E-state index >= 15 is 0 Å². The Bertz CT molecular complexity index is 604. The van der Waals surface area contributed by atoms with Crippen LogP contribution in [0.5, 0.6) is 0 Å². The monoisotopic (exact) mass is 311 g/mol. The minimum Gasteiger partial charge on any atom is -0.415 e. The van der Waals surface area contributed by atoms with Crippen molar-refractivity contribution in [2.75, 3.05) is 6.61 Å². The second-order valence-electron chi connectivity index (χ2n) is 6.52. The maximum atomic E-state index is 6.19. The van der Waals surface area contributed by atoms with E-state index in [9.17, 15) is 0 Å². The molecule has 4 nitrogen and oxygen atoms in total. The van der Waals surface area contributed by atoms with E-state index in [1.807, 2.05) is 12.3 Å². The van der Waals surface area contributed by atoms with Gasteiger partial charge in [-0.25, -0.2) is 9.97 Å². The minimum absolute atomic E-state index is 0.229. The molecule has 0 aromatic carbocycles. The van der Waals surface area contributed by atoms with Crippen LogP contribution in [0, 0.1) is 0 Å². The van der Waals surface area contributed by atoms with Crippen molar-refractivity contribution < 1.29 is 4.43 Å². The summed E-state index contributed by atoms with van der Waals surface area (Å²) in [6.45, 7) is 12.7. The molecule has 0 aliphatic rings. The highest BCUT2D eigenvalue weighted by molar-refractivity contribution is 6.74. The predicted octanol–water partition coefficient (Wildman–Crippen LogP) is 4.11. The summed E-state index contributed by atoms with van der Waals surface area (Å²) in [5.74, 6) is 0. The van der Waals surface area contributed by atoms with Gasteiger partial charge in [0.05, 0.1) is 12.1 Å². The van der Waals surface area contributed by atoms with Crippen LogP contribution in [0.3, 0.4) is 0 Å². The smallest absolute Gasteiger partial charge is 0.192 e. The molecule has 0 bridgehead atoms. The van der Waals surface area contributed by atoms with Crippen molar-refractivity contribution in [3.8, 4) is 0 Å². The maximum absolute atomic E-state index is 6.19. The molecule has 0 aliphatic carbocycles. The summed E-state index contributed by atoms with van der Waals surface area (Å²) in [6, 6.07) is 1.95. The Balaban J connectivity index is 2.08. The molecule has 0 amide bonds. The average Bonchev–Trinajstić information content (AvgIpc) is 2.72. The lowest BCUT2D eigenvalue weighted by atomic mass is 10.2. The molecule has 0 atom stereocenters. The van der Waals surface area contributed by atoms with E-state index in [-0.39, 0.29) is 5.04 Å². The van der Waals surface area contributed by atoms with Gasteiger partial charge in [0, 0.05) is 12.7 Å². The zero-order chi connectivity index (χ0) is 15.0. The lowest BCUT2D eigenvalue weighted by molar-refractivity contribution is 0.273. The van der Waals surface area contributed by atoms with Gasteiger partial charge in [-0.05, 0) is 24.2 Å². The number of aromatic nitrogens is 3. The molecular weight excluding hydrogens is 290 g/mol. The average molecular weight is 312 g/mol. The molecule has 0 spiro atoms. The van der Waals surface area contributed by atoms with Crippen molar-refractivity contribution in [1.29, 1.82) is 0 Å². The first-order valence-corrected chi connectivity index (χ1v) is 10.1. The second kappa shape index (κ2) is 5.46. The summed E-state index contributed by atoms with van der Waals surface area (Å²) < 4.78 is 8.25. The standard InChI is InChI=1S/C14H22ClN3OSi/c1-14(2,3)20(4,5)19-9-8-18-7-6-11-12(18)13(15)17-10-16-11/h6-7,10H,8-9H2,1-5H3. The van der Waals surface area contributed by atoms with Crippen LogP contribution in [0.25, 0.3) is 11.0 Å². The lowest BCUT2D eigenvalue weighted by Crippen LogP contribution is -2.41. The Kier molecular flexibility index (Phi) is 4.23. The third-order valence-electron chi connectivity index (χ3n) is 4.11. The molecule has 2 rings (SSSR count). The summed E-state index contributed by atoms with van der Waals surface area (Å²) in [5, 5.41) is 0.722. The van der Waals surface area contributed by atoms with Gasteiger partial charge in [0.25, 0.3) is 0 Å². The number of hydrogen-bond donors (Lipinski definition) is 0. The quantitative estimate of drug-likeness (QED) is 0.630. The minimum atomic E-state index is -1.70. The first-order valence-electron chi connectivity index (χ1n) is 6.82. The van der Waals surface area contributed by atoms with Gasteiger partial charge in [-0.15, -0.1) is 0 Å². The highest BCUT2D eigenvalue weighted by Gasteiger charge is 2.36. The highest BCUT2D eigenvalue weighted by atomic mass is 35.5. The molecule has 0 radical (unpaired) electrons. The van der Waals surface area contributed by atoms with Gasteiger partial charge in [0.15, 0.2) is 13.5 Å². The van der Waals surface area contributed by atoms with Crippen LogP contribution in [0.4, 0.5) is 0 Å². The van der Waals surface area contributed by atoms with Crippen molar-refractivity contribution in [2.45, 2.75) is 45.4 Å². The third kappa shape index (κ3) is 3.05. The Labute approximate surface area is 126 Å². The number of hydrogen-bond acceptors (Lipinski definition) is 3. The summed E-state index contributed by atoms with van der Waals surface area (Å²) in [5.41, 5.74) is 1.75. The molecular formula is C14H22ClN3OSi. The largest absolute Gasteiger partial charge is 0.415 e. The summed E-state index contributed by atoms with van der Waals surface area (Å²) in [6.07, 6.45) is 3.47. The molecule has 0 saturated heterocycles. The van der Waals surface area contributed by atoms with Gasteiger partial charge in [-0.1, -0.05) is 32.4 Å². The van der Waals surface area contributed by atoms with Crippen molar-refractivity contribution in [3.05, 3.63) is 23.7 Å². The van der Waals surface area contributed by atoms with Crippen molar-refractivity contribution in [1.82, 2.24) is 14.5 Å². The normalized spacial score (nSPS) is 13.1. The molecule has 6 heteroatoms. The molecule has 0 fully saturated rings. The summed E-state index contributed by atoms with van der Waals surface area (Å²) in [4.78, 5) is 8.25. The van der Waals surface area contributed by atoms with E-state index < -0.39 is 8.32 Å². The van der Waals surface area contributed by atoms with Crippen LogP contribution in [0.1, 0.15) is 20.8 Å². The van der Waals surface area contributed by atoms with Crippen LogP contribution in [-0.4, -0.2) is 29.5 Å². The Hall–Kier alpha value is -0.913. The SMILES string of the molecule is CC(C)(C)[Si](C)(C)OCCn1ccc2ncnc(Cl)c21. The Morgan fingerprint density at radius 3 is 2.65 bits per heavy atom. The fraction of sp³-hybridized carbons (Fsp3) is 0.571. The lowest BCUT2D eigenvalue weighted by Gasteiger charge is -2.36. The summed E-state index contributed by atoms with van der Waals surface area (Å²) in [7, 11) is -1.70. The van der Waals surface area contributed by atoms with Crippen molar-refractivity contribution in [3.63, 3.8) is 0 Å². The molecule has 2 aromatic heterocycles. The zero-order valence-electron chi connectivity index (χ0n) is 12.8. The van der Waals surface area contributed by atoms with Gasteiger partial charge in [0.2, 0.25) is 0 Å². The number of fused-ring (bicyclic) bond motifs is 1. The molecule has 0 saturated carbocycles. The van der Waals surface area contributed by atoms with Crippen LogP contribution in [-0.2, 0) is 11.0 Å². The fourth-order valence-corrected chi connectivity index (χ4v) is 3.08. The van der Waals surface area contributed by atoms with Crippen LogP contribution >= 0.6 is 11.6 Å². The van der Waals surface area contributed by atoms with E-state index in [0.29, 0.717) is 11.8 Å². The molecule has 0 aliphatic heterocycles. The van der Waals surface area contributed by atoms with Crippen LogP contribution < -0.4 is 0 Å². The van der Waals surface area contributed by atoms with Gasteiger partial charge in [0.1, 0.15) is 11.8 Å². The number of halogens is 1. The highest BCUT2D eigenvalue weighted by Crippen LogP contribution is 2.36. The molecule has 20 heavy (non-hydrogen) atoms. The molecule has 0 N–H and O–H groups in total. The van der Waals surface area contributed by atoms with Gasteiger partial charge in [-0.3, -0.25) is 0 Å². The van der Waals surface area contributed by atoms with Crippen molar-refractivity contribution >= 4 is 31.0 Å². The molecule has 0 unspecified atom stereocenters. The molecule has 110 valence electrons. The fourth-order valence-electron chi connectivity index (χ4n) is 1.79. The molecule has 2 heterocycles. The second-order valence-corrected chi connectivity index (χ2v) is 11.7. The predicted molar refractivity (Wildman–Crippen MR) is 85.7 cm³/mol. The van der Waals surface area contributed by atoms with Crippen LogP contribution in [0.2, 0.25) is 23.3 Å². The van der Waals surface area contributed by atoms with Gasteiger partial charge >= 0.3 is 0 Å². The van der Waals surface area contributed by atoms with Gasteiger partial charge < -0.3 is 8.99 Å². The zero-order valence-corrected chi connectivity index (χ0v) is 14.5. The van der Waals surface area contributed by atoms with Gasteiger partial charge in [-0.2, -0.15) is 0 Å². The number of rotatable bonds is 4. The topological polar surface area (TPSA) is 39.9 Å². The van der Waals surface area contributed by atoms with E-state index in [2.05, 4.69) is 48.4 Å². The molecule has 2 aromatic rings. The number of nitrogens with zero attached hydrogens (tertiary/aromatic N) is 3. The Morgan fingerprint density at radius 2 is 2.00 bits per heavy atom. The van der Waals surface area contributed by atoms with E-state index in [1.54, 1.807) is 0 Å². The van der Waals surface area contributed by atoms with E-state index in [0.717, 1.165) is 17.6 Å².